The molecule has 2 fully saturated rings. The van der Waals surface area contributed by atoms with E-state index in [1.54, 1.807) is 0 Å². The first-order valence-electron chi connectivity index (χ1n) is 10.9. The van der Waals surface area contributed by atoms with Crippen LogP contribution >= 0.6 is 11.6 Å². The van der Waals surface area contributed by atoms with Crippen LogP contribution in [0.4, 0.5) is 11.4 Å². The molecule has 2 unspecified atom stereocenters. The highest BCUT2D eigenvalue weighted by molar-refractivity contribution is 6.30. The van der Waals surface area contributed by atoms with Crippen LogP contribution in [0.1, 0.15) is 25.3 Å². The van der Waals surface area contributed by atoms with Crippen molar-refractivity contribution in [2.45, 2.75) is 43.9 Å². The Labute approximate surface area is 187 Å². The molecule has 3 aliphatic heterocycles. The Kier molecular flexibility index (Phi) is 5.32. The largest absolute Gasteiger partial charge is 0.487 e. The highest BCUT2D eigenvalue weighted by Gasteiger charge is 2.45. The molecule has 2 N–H and O–H groups in total. The molecular formula is C24H28ClN3O3. The number of aliphatic hydroxyl groups excluding tert-OH is 1. The van der Waals surface area contributed by atoms with Gasteiger partial charge in [-0.2, -0.15) is 0 Å². The highest BCUT2D eigenvalue weighted by Crippen LogP contribution is 2.42. The molecule has 2 aromatic rings. The van der Waals surface area contributed by atoms with Crippen molar-refractivity contribution in [3.8, 4) is 5.75 Å². The number of para-hydroxylation sites is 2. The Hall–Kier alpha value is -2.28. The van der Waals surface area contributed by atoms with E-state index < -0.39 is 6.10 Å². The van der Waals surface area contributed by atoms with E-state index in [9.17, 15) is 9.90 Å². The second kappa shape index (κ2) is 8.01. The number of β-amino-alcohol motifs (C(OH)–C–C–N with tert-alkyl or cyclic N) is 1. The molecule has 31 heavy (non-hydrogen) atoms. The minimum absolute atomic E-state index is 0.0703. The average Bonchev–Trinajstić information content (AvgIpc) is 3.28. The molecule has 0 radical (unpaired) electrons. The molecule has 0 saturated carbocycles. The predicted octanol–water partition coefficient (Wildman–Crippen LogP) is 3.32. The number of likely N-dealkylation sites (tertiary alicyclic amines) is 1. The number of nitrogens with one attached hydrogen (secondary N) is 1. The summed E-state index contributed by atoms with van der Waals surface area (Å²) in [6.45, 7) is 4.60. The lowest BCUT2D eigenvalue weighted by atomic mass is 9.86. The van der Waals surface area contributed by atoms with E-state index in [1.165, 1.54) is 12.5 Å². The van der Waals surface area contributed by atoms with E-state index in [4.69, 9.17) is 16.3 Å². The number of hydrogen-bond acceptors (Lipinski definition) is 5. The van der Waals surface area contributed by atoms with E-state index in [1.807, 2.05) is 42.5 Å². The maximum Gasteiger partial charge on any atom is 0.221 e. The summed E-state index contributed by atoms with van der Waals surface area (Å²) >= 11 is 6.16. The van der Waals surface area contributed by atoms with E-state index in [2.05, 4.69) is 15.1 Å². The van der Waals surface area contributed by atoms with Crippen molar-refractivity contribution in [1.29, 1.82) is 0 Å². The summed E-state index contributed by atoms with van der Waals surface area (Å²) in [6.07, 6.45) is 2.34. The van der Waals surface area contributed by atoms with E-state index in [0.717, 1.165) is 61.0 Å². The standard InChI is InChI=1S/C24H28ClN3O3/c1-16(29)26-19-4-2-3-5-20(19)28-14-21(22(30)15-28)27-10-8-24(9-11-27)13-17-12-18(25)6-7-23(17)31-24/h2-7,12,21-22,30H,8-11,13-15H2,1H3,(H,26,29). The number of carbonyl (C=O) groups excluding carboxylic acids is 1. The highest BCUT2D eigenvalue weighted by atomic mass is 35.5. The normalized spacial score (nSPS) is 24.8. The van der Waals surface area contributed by atoms with Gasteiger partial charge in [0.1, 0.15) is 11.4 Å². The maximum atomic E-state index is 11.6. The first-order valence-corrected chi connectivity index (χ1v) is 11.3. The van der Waals surface area contributed by atoms with E-state index in [0.29, 0.717) is 6.54 Å². The smallest absolute Gasteiger partial charge is 0.221 e. The van der Waals surface area contributed by atoms with Crippen molar-refractivity contribution in [3.05, 3.63) is 53.1 Å². The lowest BCUT2D eigenvalue weighted by Crippen LogP contribution is -2.53. The molecule has 7 heteroatoms. The number of carbonyl (C=O) groups is 1. The Morgan fingerprint density at radius 2 is 1.97 bits per heavy atom. The van der Waals surface area contributed by atoms with Crippen LogP contribution in [-0.4, -0.2) is 59.8 Å². The number of aliphatic hydroxyl groups is 1. The van der Waals surface area contributed by atoms with Crippen LogP contribution in [-0.2, 0) is 11.2 Å². The Morgan fingerprint density at radius 1 is 1.19 bits per heavy atom. The number of rotatable bonds is 3. The Morgan fingerprint density at radius 3 is 2.74 bits per heavy atom. The monoisotopic (exact) mass is 441 g/mol. The lowest BCUT2D eigenvalue weighted by Gasteiger charge is -2.41. The summed E-state index contributed by atoms with van der Waals surface area (Å²) in [5.41, 5.74) is 2.79. The minimum atomic E-state index is -0.431. The van der Waals surface area contributed by atoms with Gasteiger partial charge in [-0.25, -0.2) is 0 Å². The lowest BCUT2D eigenvalue weighted by molar-refractivity contribution is -0.114. The quantitative estimate of drug-likeness (QED) is 0.765. The molecule has 0 aliphatic carbocycles. The third-order valence-corrected chi connectivity index (χ3v) is 7.09. The van der Waals surface area contributed by atoms with Crippen LogP contribution in [0.15, 0.2) is 42.5 Å². The fourth-order valence-corrected chi connectivity index (χ4v) is 5.51. The zero-order chi connectivity index (χ0) is 21.6. The van der Waals surface area contributed by atoms with Crippen molar-refractivity contribution in [2.75, 3.05) is 36.4 Å². The maximum absolute atomic E-state index is 11.6. The Balaban J connectivity index is 1.25. The van der Waals surface area contributed by atoms with Crippen LogP contribution in [0.25, 0.3) is 0 Å². The van der Waals surface area contributed by atoms with Gasteiger partial charge in [-0.05, 0) is 35.9 Å². The molecule has 3 heterocycles. The molecule has 1 amide bonds. The van der Waals surface area contributed by atoms with Crippen LogP contribution in [0, 0.1) is 0 Å². The fraction of sp³-hybridized carbons (Fsp3) is 0.458. The van der Waals surface area contributed by atoms with Gasteiger partial charge < -0.3 is 20.1 Å². The number of benzene rings is 2. The van der Waals surface area contributed by atoms with Gasteiger partial charge in [0.15, 0.2) is 0 Å². The van der Waals surface area contributed by atoms with Crippen LogP contribution in [0.5, 0.6) is 5.75 Å². The number of amides is 1. The van der Waals surface area contributed by atoms with Crippen molar-refractivity contribution in [1.82, 2.24) is 4.90 Å². The number of nitrogens with zero attached hydrogens (tertiary/aromatic N) is 2. The van der Waals surface area contributed by atoms with Gasteiger partial charge in [-0.1, -0.05) is 23.7 Å². The Bertz CT molecular complexity index is 990. The van der Waals surface area contributed by atoms with Gasteiger partial charge in [0, 0.05) is 57.4 Å². The van der Waals surface area contributed by atoms with E-state index in [-0.39, 0.29) is 17.6 Å². The molecule has 2 aromatic carbocycles. The van der Waals surface area contributed by atoms with Gasteiger partial charge in [0.25, 0.3) is 0 Å². The molecule has 5 rings (SSSR count). The number of halogens is 1. The molecule has 2 saturated heterocycles. The van der Waals surface area contributed by atoms with E-state index >= 15 is 0 Å². The fourth-order valence-electron chi connectivity index (χ4n) is 5.31. The number of piperidine rings is 1. The summed E-state index contributed by atoms with van der Waals surface area (Å²) in [5.74, 6) is 0.864. The van der Waals surface area contributed by atoms with Gasteiger partial charge in [0.2, 0.25) is 5.91 Å². The number of hydrogen-bond donors (Lipinski definition) is 2. The molecule has 3 aliphatic rings. The topological polar surface area (TPSA) is 65.0 Å². The minimum Gasteiger partial charge on any atom is -0.487 e. The van der Waals surface area contributed by atoms with Crippen LogP contribution in [0.3, 0.4) is 0 Å². The summed E-state index contributed by atoms with van der Waals surface area (Å²) in [4.78, 5) is 16.1. The van der Waals surface area contributed by atoms with Gasteiger partial charge in [-0.15, -0.1) is 0 Å². The zero-order valence-corrected chi connectivity index (χ0v) is 18.4. The van der Waals surface area contributed by atoms with Gasteiger partial charge in [0.05, 0.1) is 23.5 Å². The average molecular weight is 442 g/mol. The van der Waals surface area contributed by atoms with Gasteiger partial charge in [-0.3, -0.25) is 9.69 Å². The SMILES string of the molecule is CC(=O)Nc1ccccc1N1CC(O)C(N2CCC3(CC2)Cc2cc(Cl)ccc2O3)C1. The van der Waals surface area contributed by atoms with Gasteiger partial charge >= 0.3 is 0 Å². The molecule has 0 bridgehead atoms. The number of anilines is 2. The molecule has 6 nitrogen and oxygen atoms in total. The molecule has 1 spiro atoms. The third-order valence-electron chi connectivity index (χ3n) is 6.85. The van der Waals surface area contributed by atoms with Crippen molar-refractivity contribution in [3.63, 3.8) is 0 Å². The van der Waals surface area contributed by atoms with Crippen LogP contribution in [0.2, 0.25) is 5.02 Å². The molecular weight excluding hydrogens is 414 g/mol. The van der Waals surface area contributed by atoms with Crippen LogP contribution < -0.4 is 15.0 Å². The predicted molar refractivity (Wildman–Crippen MR) is 122 cm³/mol. The van der Waals surface area contributed by atoms with Crippen molar-refractivity contribution < 1.29 is 14.6 Å². The first kappa shape index (κ1) is 20.6. The summed E-state index contributed by atoms with van der Waals surface area (Å²) in [6, 6.07) is 13.7. The molecule has 2 atom stereocenters. The summed E-state index contributed by atoms with van der Waals surface area (Å²) < 4.78 is 6.37. The second-order valence-electron chi connectivity index (χ2n) is 8.99. The third kappa shape index (κ3) is 4.00. The summed E-state index contributed by atoms with van der Waals surface area (Å²) in [5, 5.41) is 14.5. The molecule has 0 aromatic heterocycles. The molecule has 164 valence electrons. The van der Waals surface area contributed by atoms with Crippen molar-refractivity contribution >= 4 is 28.9 Å². The van der Waals surface area contributed by atoms with Crippen molar-refractivity contribution in [2.24, 2.45) is 0 Å². The summed E-state index contributed by atoms with van der Waals surface area (Å²) in [7, 11) is 0. The zero-order valence-electron chi connectivity index (χ0n) is 17.7. The number of ether oxygens (including phenoxy) is 1. The number of fused-ring (bicyclic) bond motifs is 1. The first-order chi connectivity index (χ1) is 14.9. The second-order valence-corrected chi connectivity index (χ2v) is 9.42.